The molecule has 0 aromatic heterocycles. The minimum atomic E-state index is -4.42. The van der Waals surface area contributed by atoms with Crippen molar-refractivity contribution in [1.29, 1.82) is 0 Å². The molecule has 0 aromatic rings. The molecule has 6 heteroatoms. The van der Waals surface area contributed by atoms with E-state index in [4.69, 9.17) is 9.66 Å². The summed E-state index contributed by atoms with van der Waals surface area (Å²) in [4.78, 5) is 0. The SMILES string of the molecule is CC(C)(O)COS(=O)(=O)O. The largest absolute Gasteiger partial charge is 0.397 e. The topological polar surface area (TPSA) is 83.8 Å². The summed E-state index contributed by atoms with van der Waals surface area (Å²) in [6, 6.07) is 0. The molecule has 0 spiro atoms. The summed E-state index contributed by atoms with van der Waals surface area (Å²) in [5, 5.41) is 8.88. The van der Waals surface area contributed by atoms with Crippen molar-refractivity contribution in [2.75, 3.05) is 6.61 Å². The molecule has 0 unspecified atom stereocenters. The molecule has 0 aliphatic heterocycles. The molecule has 0 heterocycles. The second kappa shape index (κ2) is 2.83. The molecule has 0 aliphatic carbocycles. The predicted octanol–water partition coefficient (Wildman–Crippen LogP) is -0.423. The van der Waals surface area contributed by atoms with Crippen LogP contribution in [0.3, 0.4) is 0 Å². The molecule has 0 rings (SSSR count). The van der Waals surface area contributed by atoms with Crippen LogP contribution >= 0.6 is 0 Å². The van der Waals surface area contributed by atoms with Gasteiger partial charge in [0.05, 0.1) is 12.2 Å². The zero-order chi connectivity index (χ0) is 8.41. The second-order valence-electron chi connectivity index (χ2n) is 2.50. The summed E-state index contributed by atoms with van der Waals surface area (Å²) in [7, 11) is -4.42. The molecule has 0 saturated heterocycles. The lowest BCUT2D eigenvalue weighted by molar-refractivity contribution is 0.0264. The number of hydrogen-bond acceptors (Lipinski definition) is 4. The molecule has 10 heavy (non-hydrogen) atoms. The Morgan fingerprint density at radius 3 is 2.00 bits per heavy atom. The van der Waals surface area contributed by atoms with Crippen LogP contribution in [0.5, 0.6) is 0 Å². The molecule has 0 bridgehead atoms. The Kier molecular flexibility index (Phi) is 2.78. The lowest BCUT2D eigenvalue weighted by atomic mass is 10.2. The van der Waals surface area contributed by atoms with Crippen LogP contribution in [0.25, 0.3) is 0 Å². The third-order valence-electron chi connectivity index (χ3n) is 0.561. The maximum atomic E-state index is 9.90. The third-order valence-corrected chi connectivity index (χ3v) is 0.977. The first-order chi connectivity index (χ1) is 4.21. The van der Waals surface area contributed by atoms with E-state index < -0.39 is 22.6 Å². The average Bonchev–Trinajstić information content (AvgIpc) is 1.57. The van der Waals surface area contributed by atoms with Crippen molar-refractivity contribution >= 4 is 10.4 Å². The van der Waals surface area contributed by atoms with Crippen molar-refractivity contribution in [2.24, 2.45) is 0 Å². The molecule has 0 atom stereocenters. The van der Waals surface area contributed by atoms with E-state index in [9.17, 15) is 8.42 Å². The van der Waals surface area contributed by atoms with Crippen molar-refractivity contribution in [3.63, 3.8) is 0 Å². The van der Waals surface area contributed by atoms with Gasteiger partial charge in [-0.25, -0.2) is 4.18 Å². The third kappa shape index (κ3) is 7.83. The quantitative estimate of drug-likeness (QED) is 0.562. The lowest BCUT2D eigenvalue weighted by Crippen LogP contribution is -2.27. The normalized spacial score (nSPS) is 13.6. The van der Waals surface area contributed by atoms with Gasteiger partial charge in [-0.2, -0.15) is 8.42 Å². The molecule has 2 N–H and O–H groups in total. The molecule has 62 valence electrons. The fraction of sp³-hybridized carbons (Fsp3) is 1.00. The van der Waals surface area contributed by atoms with E-state index >= 15 is 0 Å². The van der Waals surface area contributed by atoms with Gasteiger partial charge in [-0.05, 0) is 13.8 Å². The average molecular weight is 170 g/mol. The summed E-state index contributed by atoms with van der Waals surface area (Å²) in [6.07, 6.45) is 0. The van der Waals surface area contributed by atoms with E-state index in [0.29, 0.717) is 0 Å². The van der Waals surface area contributed by atoms with Gasteiger partial charge in [0.25, 0.3) is 0 Å². The summed E-state index contributed by atoms with van der Waals surface area (Å²) in [5.41, 5.74) is -1.25. The first kappa shape index (κ1) is 9.83. The van der Waals surface area contributed by atoms with Crippen LogP contribution in [-0.4, -0.2) is 30.3 Å². The van der Waals surface area contributed by atoms with Crippen LogP contribution < -0.4 is 0 Å². The van der Waals surface area contributed by atoms with Crippen molar-refractivity contribution < 1.29 is 22.3 Å². The van der Waals surface area contributed by atoms with Gasteiger partial charge in [-0.15, -0.1) is 0 Å². The Balaban J connectivity index is 3.79. The van der Waals surface area contributed by atoms with E-state index in [-0.39, 0.29) is 0 Å². The Bertz CT molecular complexity index is 186. The fourth-order valence-electron chi connectivity index (χ4n) is 0.219. The number of rotatable bonds is 3. The van der Waals surface area contributed by atoms with E-state index in [2.05, 4.69) is 4.18 Å². The standard InChI is InChI=1S/C4H10O5S/c1-4(2,5)3-9-10(6,7)8/h5H,3H2,1-2H3,(H,6,7,8). The van der Waals surface area contributed by atoms with Gasteiger partial charge in [0.15, 0.2) is 0 Å². The molecule has 0 saturated carbocycles. The Labute approximate surface area is 59.6 Å². The monoisotopic (exact) mass is 170 g/mol. The van der Waals surface area contributed by atoms with Crippen molar-refractivity contribution in [3.8, 4) is 0 Å². The summed E-state index contributed by atoms with van der Waals surface area (Å²) in [6.45, 7) is 2.27. The Morgan fingerprint density at radius 2 is 1.90 bits per heavy atom. The summed E-state index contributed by atoms with van der Waals surface area (Å²) < 4.78 is 31.7. The van der Waals surface area contributed by atoms with Crippen molar-refractivity contribution in [3.05, 3.63) is 0 Å². The molecular weight excluding hydrogens is 160 g/mol. The van der Waals surface area contributed by atoms with E-state index in [1.54, 1.807) is 0 Å². The highest BCUT2D eigenvalue weighted by atomic mass is 32.3. The minimum Gasteiger partial charge on any atom is -0.388 e. The second-order valence-corrected chi connectivity index (χ2v) is 3.59. The predicted molar refractivity (Wildman–Crippen MR) is 33.8 cm³/mol. The van der Waals surface area contributed by atoms with Crippen LogP contribution in [0.4, 0.5) is 0 Å². The Hall–Kier alpha value is -0.170. The maximum Gasteiger partial charge on any atom is 0.397 e. The molecule has 0 radical (unpaired) electrons. The van der Waals surface area contributed by atoms with Crippen LogP contribution in [0.15, 0.2) is 0 Å². The summed E-state index contributed by atoms with van der Waals surface area (Å²) in [5.74, 6) is 0. The summed E-state index contributed by atoms with van der Waals surface area (Å²) >= 11 is 0. The van der Waals surface area contributed by atoms with Crippen molar-refractivity contribution in [2.45, 2.75) is 19.4 Å². The van der Waals surface area contributed by atoms with Gasteiger partial charge in [0.2, 0.25) is 0 Å². The van der Waals surface area contributed by atoms with Gasteiger partial charge >= 0.3 is 10.4 Å². The van der Waals surface area contributed by atoms with Gasteiger partial charge < -0.3 is 5.11 Å². The van der Waals surface area contributed by atoms with Gasteiger partial charge in [0.1, 0.15) is 0 Å². The smallest absolute Gasteiger partial charge is 0.388 e. The van der Waals surface area contributed by atoms with E-state index in [1.165, 1.54) is 13.8 Å². The van der Waals surface area contributed by atoms with Gasteiger partial charge in [0, 0.05) is 0 Å². The highest BCUT2D eigenvalue weighted by Gasteiger charge is 2.16. The molecule has 5 nitrogen and oxygen atoms in total. The maximum absolute atomic E-state index is 9.90. The van der Waals surface area contributed by atoms with Crippen LogP contribution in [0.2, 0.25) is 0 Å². The van der Waals surface area contributed by atoms with E-state index in [0.717, 1.165) is 0 Å². The highest BCUT2D eigenvalue weighted by Crippen LogP contribution is 2.02. The molecule has 0 aromatic carbocycles. The van der Waals surface area contributed by atoms with Crippen LogP contribution in [0, 0.1) is 0 Å². The zero-order valence-electron chi connectivity index (χ0n) is 5.73. The van der Waals surface area contributed by atoms with Crippen molar-refractivity contribution in [1.82, 2.24) is 0 Å². The van der Waals surface area contributed by atoms with Gasteiger partial charge in [-0.3, -0.25) is 4.55 Å². The highest BCUT2D eigenvalue weighted by molar-refractivity contribution is 7.80. The first-order valence-corrected chi connectivity index (χ1v) is 3.91. The molecular formula is C4H10O5S. The minimum absolute atomic E-state index is 0.453. The fourth-order valence-corrected chi connectivity index (χ4v) is 0.656. The van der Waals surface area contributed by atoms with Gasteiger partial charge in [-0.1, -0.05) is 0 Å². The molecule has 0 fully saturated rings. The van der Waals surface area contributed by atoms with E-state index in [1.807, 2.05) is 0 Å². The zero-order valence-corrected chi connectivity index (χ0v) is 6.55. The first-order valence-electron chi connectivity index (χ1n) is 2.55. The number of aliphatic hydroxyl groups is 1. The molecule has 0 aliphatic rings. The number of hydrogen-bond donors (Lipinski definition) is 2. The molecule has 0 amide bonds. The van der Waals surface area contributed by atoms with Crippen LogP contribution in [0.1, 0.15) is 13.8 Å². The Morgan fingerprint density at radius 1 is 1.50 bits per heavy atom. The lowest BCUT2D eigenvalue weighted by Gasteiger charge is -2.14. The van der Waals surface area contributed by atoms with Crippen LogP contribution in [-0.2, 0) is 14.6 Å².